The molecule has 0 radical (unpaired) electrons. The van der Waals surface area contributed by atoms with Gasteiger partial charge in [-0.05, 0) is 50.2 Å². The third kappa shape index (κ3) is 6.10. The van der Waals surface area contributed by atoms with E-state index in [-0.39, 0.29) is 19.0 Å². The molecule has 0 heterocycles. The molecule has 0 aliphatic heterocycles. The number of Topliss-reactive ketones (excluding diaryl/α,β-unsaturated/α-hetero) is 1. The number of carbonyl (C=O) groups excluding carboxylic acids is 3. The summed E-state index contributed by atoms with van der Waals surface area (Å²) in [6, 6.07) is 13.7. The predicted octanol–water partition coefficient (Wildman–Crippen LogP) is 2.76. The van der Waals surface area contributed by atoms with Gasteiger partial charge in [-0.25, -0.2) is 4.79 Å². The number of ether oxygens (including phenoxy) is 2. The first-order chi connectivity index (χ1) is 11.9. The zero-order valence-corrected chi connectivity index (χ0v) is 14.1. The van der Waals surface area contributed by atoms with Gasteiger partial charge in [0, 0.05) is 11.3 Å². The number of ketones is 1. The number of amides is 1. The Morgan fingerprint density at radius 2 is 1.56 bits per heavy atom. The van der Waals surface area contributed by atoms with E-state index < -0.39 is 11.9 Å². The van der Waals surface area contributed by atoms with Gasteiger partial charge in [0.2, 0.25) is 0 Å². The molecule has 0 atom stereocenters. The number of hydrogen-bond donors (Lipinski definition) is 1. The molecule has 0 saturated heterocycles. The third-order valence-electron chi connectivity index (χ3n) is 3.32. The monoisotopic (exact) mass is 341 g/mol. The maximum atomic E-state index is 11.7. The van der Waals surface area contributed by atoms with Crippen LogP contribution < -0.4 is 10.1 Å². The van der Waals surface area contributed by atoms with Gasteiger partial charge in [-0.2, -0.15) is 0 Å². The van der Waals surface area contributed by atoms with Crippen LogP contribution in [0.4, 0.5) is 5.69 Å². The van der Waals surface area contributed by atoms with Crippen molar-refractivity contribution in [3.05, 3.63) is 59.7 Å². The van der Waals surface area contributed by atoms with Crippen molar-refractivity contribution in [3.63, 3.8) is 0 Å². The molecule has 6 nitrogen and oxygen atoms in total. The van der Waals surface area contributed by atoms with E-state index in [0.29, 0.717) is 17.0 Å². The fourth-order valence-electron chi connectivity index (χ4n) is 1.95. The van der Waals surface area contributed by atoms with Crippen molar-refractivity contribution in [2.45, 2.75) is 13.8 Å². The van der Waals surface area contributed by atoms with Crippen molar-refractivity contribution in [1.82, 2.24) is 0 Å². The van der Waals surface area contributed by atoms with E-state index in [4.69, 9.17) is 9.47 Å². The number of rotatable bonds is 7. The first-order valence-electron chi connectivity index (χ1n) is 7.70. The minimum absolute atomic E-state index is 0.0504. The van der Waals surface area contributed by atoms with Crippen molar-refractivity contribution in [2.24, 2.45) is 0 Å². The van der Waals surface area contributed by atoms with Crippen LogP contribution in [0.15, 0.2) is 48.5 Å². The quantitative estimate of drug-likeness (QED) is 0.618. The molecule has 0 saturated carbocycles. The summed E-state index contributed by atoms with van der Waals surface area (Å²) in [5, 5.41) is 2.63. The van der Waals surface area contributed by atoms with Crippen LogP contribution in [0.25, 0.3) is 0 Å². The fraction of sp³-hybridized carbons (Fsp3) is 0.211. The van der Waals surface area contributed by atoms with Crippen LogP contribution in [0.3, 0.4) is 0 Å². The molecular formula is C19H19NO5. The number of esters is 1. The lowest BCUT2D eigenvalue weighted by Crippen LogP contribution is -2.23. The molecule has 0 bridgehead atoms. The zero-order valence-electron chi connectivity index (χ0n) is 14.1. The van der Waals surface area contributed by atoms with Gasteiger partial charge in [0.1, 0.15) is 5.75 Å². The number of anilines is 1. The summed E-state index contributed by atoms with van der Waals surface area (Å²) in [6.45, 7) is 2.70. The molecular weight excluding hydrogens is 322 g/mol. The van der Waals surface area contributed by atoms with Crippen molar-refractivity contribution < 1.29 is 23.9 Å². The minimum atomic E-state index is -0.658. The molecule has 2 aromatic carbocycles. The molecule has 1 amide bonds. The molecule has 25 heavy (non-hydrogen) atoms. The SMILES string of the molecule is CC(=O)c1ccc(OCC(=O)OCC(=O)Nc2ccc(C)cc2)cc1. The topological polar surface area (TPSA) is 81.7 Å². The van der Waals surface area contributed by atoms with Gasteiger partial charge in [0.15, 0.2) is 19.0 Å². The highest BCUT2D eigenvalue weighted by Crippen LogP contribution is 2.12. The average Bonchev–Trinajstić information content (AvgIpc) is 2.60. The van der Waals surface area contributed by atoms with Gasteiger partial charge in [-0.15, -0.1) is 0 Å². The summed E-state index contributed by atoms with van der Waals surface area (Å²) >= 11 is 0. The summed E-state index contributed by atoms with van der Waals surface area (Å²) < 4.78 is 10.1. The molecule has 130 valence electrons. The van der Waals surface area contributed by atoms with Crippen molar-refractivity contribution in [2.75, 3.05) is 18.5 Å². The van der Waals surface area contributed by atoms with E-state index in [2.05, 4.69) is 5.32 Å². The molecule has 0 spiro atoms. The average molecular weight is 341 g/mol. The number of hydrogen-bond acceptors (Lipinski definition) is 5. The van der Waals surface area contributed by atoms with Crippen molar-refractivity contribution >= 4 is 23.3 Å². The summed E-state index contributed by atoms with van der Waals surface area (Å²) in [6.07, 6.45) is 0. The molecule has 0 fully saturated rings. The van der Waals surface area contributed by atoms with Gasteiger partial charge in [0.25, 0.3) is 5.91 Å². The number of carbonyl (C=O) groups is 3. The highest BCUT2D eigenvalue weighted by atomic mass is 16.6. The van der Waals surface area contributed by atoms with E-state index in [1.807, 2.05) is 19.1 Å². The molecule has 1 N–H and O–H groups in total. The maximum absolute atomic E-state index is 11.7. The second kappa shape index (κ2) is 8.63. The maximum Gasteiger partial charge on any atom is 0.344 e. The van der Waals surface area contributed by atoms with E-state index in [9.17, 15) is 14.4 Å². The number of aryl methyl sites for hydroxylation is 1. The molecule has 2 aromatic rings. The Kier molecular flexibility index (Phi) is 6.28. The highest BCUT2D eigenvalue weighted by Gasteiger charge is 2.09. The summed E-state index contributed by atoms with van der Waals surface area (Å²) in [7, 11) is 0. The molecule has 0 aromatic heterocycles. The smallest absolute Gasteiger partial charge is 0.344 e. The molecule has 0 aliphatic rings. The van der Waals surface area contributed by atoms with E-state index in [1.54, 1.807) is 36.4 Å². The van der Waals surface area contributed by atoms with Gasteiger partial charge in [0.05, 0.1) is 0 Å². The van der Waals surface area contributed by atoms with Crippen molar-refractivity contribution in [3.8, 4) is 5.75 Å². The van der Waals surface area contributed by atoms with Crippen LogP contribution >= 0.6 is 0 Å². The second-order valence-corrected chi connectivity index (χ2v) is 5.44. The normalized spacial score (nSPS) is 10.0. The van der Waals surface area contributed by atoms with Gasteiger partial charge < -0.3 is 14.8 Å². The minimum Gasteiger partial charge on any atom is -0.482 e. The predicted molar refractivity (Wildman–Crippen MR) is 92.7 cm³/mol. The lowest BCUT2D eigenvalue weighted by molar-refractivity contribution is -0.149. The summed E-state index contributed by atoms with van der Waals surface area (Å²) in [5.74, 6) is -0.700. The van der Waals surface area contributed by atoms with Gasteiger partial charge in [-0.3, -0.25) is 9.59 Å². The van der Waals surface area contributed by atoms with E-state index in [1.165, 1.54) is 6.92 Å². The summed E-state index contributed by atoms with van der Waals surface area (Å²) in [4.78, 5) is 34.5. The standard InChI is InChI=1S/C19H19NO5/c1-13-3-7-16(8-4-13)20-18(22)11-25-19(23)12-24-17-9-5-15(6-10-17)14(2)21/h3-10H,11-12H2,1-2H3,(H,20,22). The second-order valence-electron chi connectivity index (χ2n) is 5.44. The Balaban J connectivity index is 1.72. The van der Waals surface area contributed by atoms with Crippen LogP contribution in [0.1, 0.15) is 22.8 Å². The lowest BCUT2D eigenvalue weighted by atomic mass is 10.1. The van der Waals surface area contributed by atoms with Crippen LogP contribution in [-0.4, -0.2) is 30.9 Å². The van der Waals surface area contributed by atoms with Crippen LogP contribution in [0.2, 0.25) is 0 Å². The first-order valence-corrected chi connectivity index (χ1v) is 7.70. The largest absolute Gasteiger partial charge is 0.482 e. The lowest BCUT2D eigenvalue weighted by Gasteiger charge is -2.08. The van der Waals surface area contributed by atoms with Crippen LogP contribution in [0, 0.1) is 6.92 Å². The van der Waals surface area contributed by atoms with Crippen LogP contribution in [-0.2, 0) is 14.3 Å². The Morgan fingerprint density at radius 3 is 2.16 bits per heavy atom. The fourth-order valence-corrected chi connectivity index (χ4v) is 1.95. The van der Waals surface area contributed by atoms with E-state index in [0.717, 1.165) is 5.56 Å². The number of benzene rings is 2. The van der Waals surface area contributed by atoms with Crippen molar-refractivity contribution in [1.29, 1.82) is 0 Å². The Morgan fingerprint density at radius 1 is 0.920 bits per heavy atom. The van der Waals surface area contributed by atoms with Crippen LogP contribution in [0.5, 0.6) is 5.75 Å². The number of nitrogens with one attached hydrogen (secondary N) is 1. The zero-order chi connectivity index (χ0) is 18.2. The molecule has 6 heteroatoms. The molecule has 2 rings (SSSR count). The molecule has 0 unspecified atom stereocenters. The Hall–Kier alpha value is -3.15. The van der Waals surface area contributed by atoms with Gasteiger partial charge >= 0.3 is 5.97 Å². The Labute approximate surface area is 145 Å². The van der Waals surface area contributed by atoms with Gasteiger partial charge in [-0.1, -0.05) is 17.7 Å². The first kappa shape index (κ1) is 18.2. The highest BCUT2D eigenvalue weighted by molar-refractivity contribution is 5.94. The van der Waals surface area contributed by atoms with E-state index >= 15 is 0 Å². The summed E-state index contributed by atoms with van der Waals surface area (Å²) in [5.41, 5.74) is 2.27. The third-order valence-corrected chi connectivity index (χ3v) is 3.32. The Bertz CT molecular complexity index is 750. The molecule has 0 aliphatic carbocycles.